The highest BCUT2D eigenvalue weighted by atomic mass is 16.5. The summed E-state index contributed by atoms with van der Waals surface area (Å²) in [4.78, 5) is 14.7. The second kappa shape index (κ2) is 6.91. The Kier molecular flexibility index (Phi) is 4.71. The average Bonchev–Trinajstić information content (AvgIpc) is 3.17. The summed E-state index contributed by atoms with van der Waals surface area (Å²) in [6.07, 6.45) is 0.869. The van der Waals surface area contributed by atoms with Crippen LogP contribution >= 0.6 is 0 Å². The van der Waals surface area contributed by atoms with Crippen LogP contribution in [0.1, 0.15) is 44.2 Å². The molecule has 0 spiro atoms. The summed E-state index contributed by atoms with van der Waals surface area (Å²) in [5.41, 5.74) is 2.10. The van der Waals surface area contributed by atoms with Crippen LogP contribution in [-0.2, 0) is 13.0 Å². The predicted octanol–water partition coefficient (Wildman–Crippen LogP) is 3.13. The molecule has 2 aromatic heterocycles. The van der Waals surface area contributed by atoms with Gasteiger partial charge in [-0.15, -0.1) is 0 Å². The van der Waals surface area contributed by atoms with Crippen LogP contribution in [0.25, 0.3) is 11.0 Å². The molecule has 1 N–H and O–H groups in total. The maximum atomic E-state index is 5.33. The van der Waals surface area contributed by atoms with Gasteiger partial charge in [-0.05, 0) is 18.7 Å². The molecule has 0 saturated heterocycles. The molecule has 0 bridgehead atoms. The Bertz CT molecular complexity index is 728. The minimum absolute atomic E-state index is 0.290. The van der Waals surface area contributed by atoms with Crippen molar-refractivity contribution in [3.05, 3.63) is 41.8 Å². The van der Waals surface area contributed by atoms with Crippen molar-refractivity contribution in [3.8, 4) is 0 Å². The van der Waals surface area contributed by atoms with Crippen molar-refractivity contribution in [2.24, 2.45) is 0 Å². The largest absolute Gasteiger partial charge is 0.342 e. The average molecular weight is 313 g/mol. The van der Waals surface area contributed by atoms with Gasteiger partial charge in [0.1, 0.15) is 5.82 Å². The van der Waals surface area contributed by atoms with Crippen LogP contribution in [0.4, 0.5) is 0 Å². The van der Waals surface area contributed by atoms with Gasteiger partial charge < -0.3 is 9.51 Å². The molecule has 0 radical (unpaired) electrons. The Morgan fingerprint density at radius 1 is 1.22 bits per heavy atom. The van der Waals surface area contributed by atoms with E-state index in [1.165, 1.54) is 0 Å². The highest BCUT2D eigenvalue weighted by Crippen LogP contribution is 2.13. The Labute approximate surface area is 135 Å². The number of aromatic nitrogens is 4. The summed E-state index contributed by atoms with van der Waals surface area (Å²) in [7, 11) is 0. The molecule has 0 unspecified atom stereocenters. The van der Waals surface area contributed by atoms with Crippen molar-refractivity contribution in [3.63, 3.8) is 0 Å². The third-order valence-corrected chi connectivity index (χ3v) is 3.91. The van der Waals surface area contributed by atoms with E-state index in [1.807, 2.05) is 18.2 Å². The molecule has 3 rings (SSSR count). The highest BCUT2D eigenvalue weighted by molar-refractivity contribution is 5.74. The first-order chi connectivity index (χ1) is 11.2. The molecule has 122 valence electrons. The number of aromatic amines is 1. The molecule has 2 heterocycles. The van der Waals surface area contributed by atoms with Crippen LogP contribution in [0, 0.1) is 0 Å². The van der Waals surface area contributed by atoms with E-state index in [0.717, 1.165) is 42.2 Å². The topological polar surface area (TPSA) is 70.8 Å². The van der Waals surface area contributed by atoms with E-state index in [4.69, 9.17) is 4.52 Å². The lowest BCUT2D eigenvalue weighted by Gasteiger charge is -2.17. The predicted molar refractivity (Wildman–Crippen MR) is 89.1 cm³/mol. The number of benzene rings is 1. The van der Waals surface area contributed by atoms with E-state index in [2.05, 4.69) is 51.8 Å². The van der Waals surface area contributed by atoms with Gasteiger partial charge in [0.25, 0.3) is 0 Å². The summed E-state index contributed by atoms with van der Waals surface area (Å²) >= 11 is 0. The molecule has 1 aromatic carbocycles. The zero-order valence-corrected chi connectivity index (χ0v) is 13.9. The smallest absolute Gasteiger partial charge is 0.240 e. The first-order valence-corrected chi connectivity index (χ1v) is 8.14. The number of para-hydroxylation sites is 2. The number of hydrogen-bond acceptors (Lipinski definition) is 5. The molecular formula is C17H23N5O. The van der Waals surface area contributed by atoms with E-state index in [1.54, 1.807) is 0 Å². The number of likely N-dealkylation sites (N-methyl/N-ethyl adjacent to an activating group) is 1. The number of nitrogens with zero attached hydrogens (tertiary/aromatic N) is 4. The molecular weight excluding hydrogens is 290 g/mol. The standard InChI is InChI=1S/C17H23N5O/c1-4-22(11-16-20-17(12(2)3)21-23-16)10-9-15-18-13-7-5-6-8-14(13)19-15/h5-8,12H,4,9-11H2,1-3H3,(H,18,19). The van der Waals surface area contributed by atoms with E-state index in [0.29, 0.717) is 12.4 Å². The van der Waals surface area contributed by atoms with Gasteiger partial charge >= 0.3 is 0 Å². The van der Waals surface area contributed by atoms with E-state index in [-0.39, 0.29) is 5.92 Å². The second-order valence-electron chi connectivity index (χ2n) is 6.02. The molecule has 0 fully saturated rings. The molecule has 0 saturated carbocycles. The minimum atomic E-state index is 0.290. The number of H-pyrrole nitrogens is 1. The van der Waals surface area contributed by atoms with Gasteiger partial charge in [-0.3, -0.25) is 4.90 Å². The number of imidazole rings is 1. The minimum Gasteiger partial charge on any atom is -0.342 e. The van der Waals surface area contributed by atoms with Gasteiger partial charge in [0.15, 0.2) is 5.82 Å². The fourth-order valence-electron chi connectivity index (χ4n) is 2.50. The van der Waals surface area contributed by atoms with Gasteiger partial charge in [0.2, 0.25) is 5.89 Å². The first-order valence-electron chi connectivity index (χ1n) is 8.14. The molecule has 6 heteroatoms. The van der Waals surface area contributed by atoms with Gasteiger partial charge in [0, 0.05) is 18.9 Å². The highest BCUT2D eigenvalue weighted by Gasteiger charge is 2.13. The van der Waals surface area contributed by atoms with Crippen LogP contribution in [-0.4, -0.2) is 38.1 Å². The van der Waals surface area contributed by atoms with Gasteiger partial charge in [-0.1, -0.05) is 38.1 Å². The lowest BCUT2D eigenvalue weighted by Crippen LogP contribution is -2.25. The Balaban J connectivity index is 1.60. The number of hydrogen-bond donors (Lipinski definition) is 1. The van der Waals surface area contributed by atoms with Crippen molar-refractivity contribution in [2.45, 2.75) is 39.7 Å². The second-order valence-corrected chi connectivity index (χ2v) is 6.02. The zero-order valence-electron chi connectivity index (χ0n) is 13.9. The SMILES string of the molecule is CCN(CCc1nc2ccccc2[nH]1)Cc1nc(C(C)C)no1. The van der Waals surface area contributed by atoms with E-state index in [9.17, 15) is 0 Å². The molecule has 0 amide bonds. The normalized spacial score (nSPS) is 11.9. The molecule has 3 aromatic rings. The maximum absolute atomic E-state index is 5.33. The number of rotatable bonds is 7. The molecule has 0 atom stereocenters. The third kappa shape index (κ3) is 3.76. The van der Waals surface area contributed by atoms with Crippen LogP contribution in [0.15, 0.2) is 28.8 Å². The number of nitrogens with one attached hydrogen (secondary N) is 1. The molecule has 0 aliphatic rings. The lowest BCUT2D eigenvalue weighted by atomic mass is 10.2. The summed E-state index contributed by atoms with van der Waals surface area (Å²) in [5, 5.41) is 4.02. The monoisotopic (exact) mass is 313 g/mol. The van der Waals surface area contributed by atoms with E-state index < -0.39 is 0 Å². The Morgan fingerprint density at radius 2 is 2.04 bits per heavy atom. The van der Waals surface area contributed by atoms with Gasteiger partial charge in [-0.2, -0.15) is 4.98 Å². The molecule has 6 nitrogen and oxygen atoms in total. The molecule has 0 aliphatic carbocycles. The number of fused-ring (bicyclic) bond motifs is 1. The Morgan fingerprint density at radius 3 is 2.74 bits per heavy atom. The third-order valence-electron chi connectivity index (χ3n) is 3.91. The lowest BCUT2D eigenvalue weighted by molar-refractivity contribution is 0.237. The van der Waals surface area contributed by atoms with Crippen molar-refractivity contribution in [2.75, 3.05) is 13.1 Å². The maximum Gasteiger partial charge on any atom is 0.240 e. The first kappa shape index (κ1) is 15.7. The van der Waals surface area contributed by atoms with Crippen molar-refractivity contribution < 1.29 is 4.52 Å². The summed E-state index contributed by atoms with van der Waals surface area (Å²) in [6, 6.07) is 8.10. The van der Waals surface area contributed by atoms with Crippen LogP contribution in [0.2, 0.25) is 0 Å². The Hall–Kier alpha value is -2.21. The fraction of sp³-hybridized carbons (Fsp3) is 0.471. The quantitative estimate of drug-likeness (QED) is 0.725. The summed E-state index contributed by atoms with van der Waals surface area (Å²) in [5.74, 6) is 2.75. The van der Waals surface area contributed by atoms with E-state index >= 15 is 0 Å². The van der Waals surface area contributed by atoms with Crippen LogP contribution in [0.3, 0.4) is 0 Å². The van der Waals surface area contributed by atoms with Crippen molar-refractivity contribution in [1.82, 2.24) is 25.0 Å². The zero-order chi connectivity index (χ0) is 16.2. The van der Waals surface area contributed by atoms with Gasteiger partial charge in [-0.25, -0.2) is 4.98 Å². The van der Waals surface area contributed by atoms with Crippen LogP contribution < -0.4 is 0 Å². The summed E-state index contributed by atoms with van der Waals surface area (Å²) < 4.78 is 5.33. The fourth-order valence-corrected chi connectivity index (χ4v) is 2.50. The molecule has 23 heavy (non-hydrogen) atoms. The van der Waals surface area contributed by atoms with Crippen LogP contribution in [0.5, 0.6) is 0 Å². The van der Waals surface area contributed by atoms with Crippen molar-refractivity contribution >= 4 is 11.0 Å². The van der Waals surface area contributed by atoms with Crippen molar-refractivity contribution in [1.29, 1.82) is 0 Å². The molecule has 0 aliphatic heterocycles. The summed E-state index contributed by atoms with van der Waals surface area (Å²) in [6.45, 7) is 8.77. The van der Waals surface area contributed by atoms with Gasteiger partial charge in [0.05, 0.1) is 17.6 Å².